The zero-order valence-corrected chi connectivity index (χ0v) is 22.7. The fourth-order valence-corrected chi connectivity index (χ4v) is 3.85. The number of rotatable bonds is 13. The maximum Gasteiger partial charge on any atom is 0.238 e. The van der Waals surface area contributed by atoms with Crippen molar-refractivity contribution in [2.24, 2.45) is 0 Å². The molecule has 4 rings (SSSR count). The Labute approximate surface area is 235 Å². The molecule has 2 amide bonds. The average Bonchev–Trinajstić information content (AvgIpc) is 2.95. The summed E-state index contributed by atoms with van der Waals surface area (Å²) in [5, 5.41) is 5.81. The molecule has 0 aromatic heterocycles. The van der Waals surface area contributed by atoms with Gasteiger partial charge < -0.3 is 20.1 Å². The Bertz CT molecular complexity index is 1240. The first-order chi connectivity index (χ1) is 19.4. The molecule has 206 valence electrons. The first-order valence-corrected chi connectivity index (χ1v) is 13.1. The molecule has 0 bridgehead atoms. The molecule has 4 aromatic rings. The Kier molecular flexibility index (Phi) is 10.3. The number of para-hydroxylation sites is 2. The normalized spacial score (nSPS) is 10.8. The van der Waals surface area contributed by atoms with E-state index in [-0.39, 0.29) is 24.9 Å². The van der Waals surface area contributed by atoms with E-state index in [0.717, 1.165) is 11.5 Å². The summed E-state index contributed by atoms with van der Waals surface area (Å²) in [7, 11) is 3.76. The second-order valence-electron chi connectivity index (χ2n) is 9.45. The Morgan fingerprint density at radius 1 is 0.525 bits per heavy atom. The molecule has 0 atom stereocenters. The minimum atomic E-state index is -0.112. The molecule has 0 aliphatic rings. The number of hydrogen-bond acceptors (Lipinski definition) is 6. The molecule has 0 unspecified atom stereocenters. The van der Waals surface area contributed by atoms with Gasteiger partial charge in [-0.05, 0) is 86.9 Å². The fraction of sp³-hybridized carbons (Fsp3) is 0.188. The van der Waals surface area contributed by atoms with Crippen LogP contribution < -0.4 is 20.1 Å². The van der Waals surface area contributed by atoms with Gasteiger partial charge in [-0.2, -0.15) is 0 Å². The van der Waals surface area contributed by atoms with Gasteiger partial charge in [0.15, 0.2) is 0 Å². The Hall–Kier alpha value is -4.66. The van der Waals surface area contributed by atoms with Crippen LogP contribution in [0.15, 0.2) is 109 Å². The van der Waals surface area contributed by atoms with Crippen LogP contribution in [0.1, 0.15) is 0 Å². The molecule has 0 radical (unpaired) electrons. The highest BCUT2D eigenvalue weighted by atomic mass is 16.5. The van der Waals surface area contributed by atoms with E-state index in [0.29, 0.717) is 36.0 Å². The minimum Gasteiger partial charge on any atom is -0.457 e. The van der Waals surface area contributed by atoms with Crippen LogP contribution in [-0.2, 0) is 9.59 Å². The summed E-state index contributed by atoms with van der Waals surface area (Å²) in [5.41, 5.74) is 1.40. The van der Waals surface area contributed by atoms with Crippen LogP contribution in [-0.4, -0.2) is 61.9 Å². The minimum absolute atomic E-state index is 0.112. The third kappa shape index (κ3) is 9.58. The molecule has 0 aliphatic carbocycles. The Morgan fingerprint density at radius 2 is 0.850 bits per heavy atom. The van der Waals surface area contributed by atoms with Crippen molar-refractivity contribution < 1.29 is 19.1 Å². The predicted molar refractivity (Wildman–Crippen MR) is 158 cm³/mol. The SMILES string of the molecule is CN(CCN(C)CC(=O)Nc1ccc(Oc2ccccc2)cc1)CC(=O)Nc1ccc(Oc2ccccc2)cc1. The summed E-state index contributed by atoms with van der Waals surface area (Å²) in [6.07, 6.45) is 0. The smallest absolute Gasteiger partial charge is 0.238 e. The lowest BCUT2D eigenvalue weighted by Crippen LogP contribution is -2.38. The number of anilines is 2. The molecule has 8 heteroatoms. The monoisotopic (exact) mass is 538 g/mol. The van der Waals surface area contributed by atoms with E-state index in [4.69, 9.17) is 9.47 Å². The number of amides is 2. The Morgan fingerprint density at radius 3 is 1.20 bits per heavy atom. The highest BCUT2D eigenvalue weighted by molar-refractivity contribution is 5.92. The maximum atomic E-state index is 12.5. The molecule has 0 saturated carbocycles. The molecule has 0 spiro atoms. The van der Waals surface area contributed by atoms with Gasteiger partial charge in [0.25, 0.3) is 0 Å². The van der Waals surface area contributed by atoms with Crippen molar-refractivity contribution in [3.8, 4) is 23.0 Å². The zero-order valence-electron chi connectivity index (χ0n) is 22.7. The molecule has 0 fully saturated rings. The number of hydrogen-bond donors (Lipinski definition) is 2. The van der Waals surface area contributed by atoms with Crippen LogP contribution in [0.2, 0.25) is 0 Å². The van der Waals surface area contributed by atoms with Crippen molar-refractivity contribution in [1.29, 1.82) is 0 Å². The number of nitrogens with one attached hydrogen (secondary N) is 2. The van der Waals surface area contributed by atoms with Crippen molar-refractivity contribution in [2.45, 2.75) is 0 Å². The van der Waals surface area contributed by atoms with Crippen LogP contribution in [0.4, 0.5) is 11.4 Å². The van der Waals surface area contributed by atoms with Gasteiger partial charge in [0.1, 0.15) is 23.0 Å². The second kappa shape index (κ2) is 14.5. The first-order valence-electron chi connectivity index (χ1n) is 13.1. The molecular formula is C32H34N4O4. The van der Waals surface area contributed by atoms with E-state index >= 15 is 0 Å². The maximum absolute atomic E-state index is 12.5. The summed E-state index contributed by atoms with van der Waals surface area (Å²) in [6, 6.07) is 33.6. The average molecular weight is 539 g/mol. The van der Waals surface area contributed by atoms with Gasteiger partial charge in [-0.1, -0.05) is 36.4 Å². The van der Waals surface area contributed by atoms with Crippen LogP contribution in [0.25, 0.3) is 0 Å². The van der Waals surface area contributed by atoms with Crippen LogP contribution >= 0.6 is 0 Å². The molecule has 0 saturated heterocycles. The number of nitrogens with zero attached hydrogens (tertiary/aromatic N) is 2. The largest absolute Gasteiger partial charge is 0.457 e. The summed E-state index contributed by atoms with van der Waals surface area (Å²) >= 11 is 0. The second-order valence-corrected chi connectivity index (χ2v) is 9.45. The van der Waals surface area contributed by atoms with Crippen molar-refractivity contribution in [1.82, 2.24) is 9.80 Å². The highest BCUT2D eigenvalue weighted by Crippen LogP contribution is 2.23. The highest BCUT2D eigenvalue weighted by Gasteiger charge is 2.11. The molecule has 40 heavy (non-hydrogen) atoms. The lowest BCUT2D eigenvalue weighted by molar-refractivity contribution is -0.118. The van der Waals surface area contributed by atoms with Gasteiger partial charge in [-0.15, -0.1) is 0 Å². The van der Waals surface area contributed by atoms with Crippen LogP contribution in [0.3, 0.4) is 0 Å². The van der Waals surface area contributed by atoms with Crippen molar-refractivity contribution in [3.05, 3.63) is 109 Å². The number of ether oxygens (including phenoxy) is 2. The van der Waals surface area contributed by atoms with E-state index in [1.165, 1.54) is 0 Å². The molecule has 0 heterocycles. The van der Waals surface area contributed by atoms with Crippen molar-refractivity contribution >= 4 is 23.2 Å². The van der Waals surface area contributed by atoms with Crippen LogP contribution in [0, 0.1) is 0 Å². The van der Waals surface area contributed by atoms with Gasteiger partial charge in [0.2, 0.25) is 11.8 Å². The summed E-state index contributed by atoms with van der Waals surface area (Å²) < 4.78 is 11.6. The molecule has 0 aliphatic heterocycles. The number of benzene rings is 4. The summed E-state index contributed by atoms with van der Waals surface area (Å²) in [6.45, 7) is 1.73. The van der Waals surface area contributed by atoms with E-state index < -0.39 is 0 Å². The van der Waals surface area contributed by atoms with Crippen molar-refractivity contribution in [3.63, 3.8) is 0 Å². The van der Waals surface area contributed by atoms with Gasteiger partial charge in [0.05, 0.1) is 13.1 Å². The lowest BCUT2D eigenvalue weighted by atomic mass is 10.3. The number of carbonyl (C=O) groups is 2. The Balaban J connectivity index is 1.13. The zero-order chi connectivity index (χ0) is 28.2. The molecule has 4 aromatic carbocycles. The van der Waals surface area contributed by atoms with E-state index in [1.807, 2.05) is 133 Å². The van der Waals surface area contributed by atoms with E-state index in [2.05, 4.69) is 10.6 Å². The lowest BCUT2D eigenvalue weighted by Gasteiger charge is -2.21. The van der Waals surface area contributed by atoms with Gasteiger partial charge in [0, 0.05) is 24.5 Å². The fourth-order valence-electron chi connectivity index (χ4n) is 3.85. The van der Waals surface area contributed by atoms with Gasteiger partial charge in [-0.25, -0.2) is 0 Å². The number of likely N-dealkylation sites (N-methyl/N-ethyl adjacent to an activating group) is 2. The van der Waals surface area contributed by atoms with E-state index in [1.54, 1.807) is 0 Å². The molecule has 8 nitrogen and oxygen atoms in total. The van der Waals surface area contributed by atoms with Gasteiger partial charge >= 0.3 is 0 Å². The predicted octanol–water partition coefficient (Wildman–Crippen LogP) is 5.71. The summed E-state index contributed by atoms with van der Waals surface area (Å²) in [4.78, 5) is 28.8. The van der Waals surface area contributed by atoms with Gasteiger partial charge in [-0.3, -0.25) is 19.4 Å². The standard InChI is InChI=1S/C32H34N4O4/c1-35(23-31(37)33-25-13-17-29(18-14-25)39-27-9-5-3-6-10-27)21-22-36(2)24-32(38)34-26-15-19-30(20-16-26)40-28-11-7-4-8-12-28/h3-20H,21-24H2,1-2H3,(H,33,37)(H,34,38). The molecular weight excluding hydrogens is 504 g/mol. The third-order valence-electron chi connectivity index (χ3n) is 5.92. The van der Waals surface area contributed by atoms with E-state index in [9.17, 15) is 9.59 Å². The molecule has 2 N–H and O–H groups in total. The van der Waals surface area contributed by atoms with Crippen molar-refractivity contribution in [2.75, 3.05) is 50.9 Å². The van der Waals surface area contributed by atoms with Crippen LogP contribution in [0.5, 0.6) is 23.0 Å². The third-order valence-corrected chi connectivity index (χ3v) is 5.92. The number of carbonyl (C=O) groups excluding carboxylic acids is 2. The topological polar surface area (TPSA) is 83.1 Å². The summed E-state index contributed by atoms with van der Waals surface area (Å²) in [5.74, 6) is 2.68. The quantitative estimate of drug-likeness (QED) is 0.227. The first kappa shape index (κ1) is 28.4.